The highest BCUT2D eigenvalue weighted by Gasteiger charge is 2.28. The Morgan fingerprint density at radius 2 is 2.27 bits per heavy atom. The minimum absolute atomic E-state index is 0.669. The largest absolute Gasteiger partial charge is 0.244 e. The zero-order chi connectivity index (χ0) is 7.84. The molecule has 1 aromatic rings. The van der Waals surface area contributed by atoms with Crippen LogP contribution in [0.3, 0.4) is 0 Å². The summed E-state index contributed by atoms with van der Waals surface area (Å²) < 4.78 is 1.86. The van der Waals surface area contributed by atoms with E-state index >= 15 is 0 Å². The first-order valence-electron chi connectivity index (χ1n) is 3.76. The lowest BCUT2D eigenvalue weighted by atomic mass is 10.4. The van der Waals surface area contributed by atoms with Crippen molar-refractivity contribution in [3.05, 3.63) is 5.82 Å². The Balaban J connectivity index is 2.28. The maximum atomic E-state index is 4.41. The standard InChI is InChI=1S/C7H11N3S/c1-10-7(11-2)8-6(9-10)5-3-4-5/h5H,3-4H2,1-2H3. The number of thioether (sulfide) groups is 1. The topological polar surface area (TPSA) is 30.7 Å². The zero-order valence-corrected chi connectivity index (χ0v) is 7.56. The lowest BCUT2D eigenvalue weighted by molar-refractivity contribution is 0.679. The second-order valence-electron chi connectivity index (χ2n) is 2.85. The summed E-state index contributed by atoms with van der Waals surface area (Å²) in [6.07, 6.45) is 4.58. The zero-order valence-electron chi connectivity index (χ0n) is 6.74. The summed E-state index contributed by atoms with van der Waals surface area (Å²) in [6.45, 7) is 0. The molecule has 0 bridgehead atoms. The summed E-state index contributed by atoms with van der Waals surface area (Å²) in [5, 5.41) is 5.35. The smallest absolute Gasteiger partial charge is 0.185 e. The Labute approximate surface area is 70.2 Å². The monoisotopic (exact) mass is 169 g/mol. The van der Waals surface area contributed by atoms with Gasteiger partial charge in [-0.15, -0.1) is 0 Å². The third kappa shape index (κ3) is 1.27. The SMILES string of the molecule is CSc1nc(C2CC2)nn1C. The fourth-order valence-electron chi connectivity index (χ4n) is 1.08. The highest BCUT2D eigenvalue weighted by atomic mass is 32.2. The molecule has 3 nitrogen and oxygen atoms in total. The van der Waals surface area contributed by atoms with Crippen LogP contribution in [0, 0.1) is 0 Å². The van der Waals surface area contributed by atoms with Gasteiger partial charge in [-0.1, -0.05) is 11.8 Å². The molecule has 11 heavy (non-hydrogen) atoms. The minimum atomic E-state index is 0.669. The van der Waals surface area contributed by atoms with Crippen LogP contribution in [0.15, 0.2) is 5.16 Å². The van der Waals surface area contributed by atoms with E-state index < -0.39 is 0 Å². The van der Waals surface area contributed by atoms with Crippen LogP contribution < -0.4 is 0 Å². The summed E-state index contributed by atoms with van der Waals surface area (Å²) in [6, 6.07) is 0. The molecule has 0 aromatic carbocycles. The van der Waals surface area contributed by atoms with Gasteiger partial charge in [0.1, 0.15) is 0 Å². The van der Waals surface area contributed by atoms with Gasteiger partial charge in [0.05, 0.1) is 0 Å². The number of hydrogen-bond acceptors (Lipinski definition) is 3. The van der Waals surface area contributed by atoms with Gasteiger partial charge < -0.3 is 0 Å². The highest BCUT2D eigenvalue weighted by molar-refractivity contribution is 7.98. The predicted molar refractivity (Wildman–Crippen MR) is 44.8 cm³/mol. The van der Waals surface area contributed by atoms with Gasteiger partial charge in [0.2, 0.25) is 0 Å². The molecule has 0 aliphatic heterocycles. The Hall–Kier alpha value is -0.510. The molecule has 0 saturated heterocycles. The van der Waals surface area contributed by atoms with Gasteiger partial charge in [-0.05, 0) is 19.1 Å². The molecule has 1 heterocycles. The molecule has 2 rings (SSSR count). The Morgan fingerprint density at radius 1 is 1.55 bits per heavy atom. The van der Waals surface area contributed by atoms with E-state index in [1.165, 1.54) is 12.8 Å². The molecular formula is C7H11N3S. The summed E-state index contributed by atoms with van der Waals surface area (Å²) in [5.41, 5.74) is 0. The first kappa shape index (κ1) is 7.16. The van der Waals surface area contributed by atoms with E-state index in [4.69, 9.17) is 0 Å². The van der Waals surface area contributed by atoms with Crippen LogP contribution >= 0.6 is 11.8 Å². The van der Waals surface area contributed by atoms with Crippen LogP contribution in [-0.2, 0) is 7.05 Å². The molecule has 0 unspecified atom stereocenters. The summed E-state index contributed by atoms with van der Waals surface area (Å²) in [4.78, 5) is 4.41. The number of rotatable bonds is 2. The highest BCUT2D eigenvalue weighted by Crippen LogP contribution is 2.38. The van der Waals surface area contributed by atoms with Gasteiger partial charge >= 0.3 is 0 Å². The normalized spacial score (nSPS) is 17.3. The molecular weight excluding hydrogens is 158 g/mol. The quantitative estimate of drug-likeness (QED) is 0.627. The third-order valence-electron chi connectivity index (χ3n) is 1.86. The predicted octanol–water partition coefficient (Wildman–Crippen LogP) is 1.41. The van der Waals surface area contributed by atoms with Crippen molar-refractivity contribution in [2.75, 3.05) is 6.26 Å². The number of aromatic nitrogens is 3. The van der Waals surface area contributed by atoms with E-state index in [1.54, 1.807) is 11.8 Å². The van der Waals surface area contributed by atoms with Gasteiger partial charge in [0.25, 0.3) is 0 Å². The molecule has 1 saturated carbocycles. The fraction of sp³-hybridized carbons (Fsp3) is 0.714. The Kier molecular flexibility index (Phi) is 1.64. The van der Waals surface area contributed by atoms with Gasteiger partial charge in [-0.2, -0.15) is 5.10 Å². The summed E-state index contributed by atoms with van der Waals surface area (Å²) >= 11 is 1.65. The van der Waals surface area contributed by atoms with Crippen LogP contribution in [0.5, 0.6) is 0 Å². The summed E-state index contributed by atoms with van der Waals surface area (Å²) in [7, 11) is 1.95. The summed E-state index contributed by atoms with van der Waals surface area (Å²) in [5.74, 6) is 1.71. The van der Waals surface area contributed by atoms with Crippen molar-refractivity contribution < 1.29 is 0 Å². The second-order valence-corrected chi connectivity index (χ2v) is 3.63. The van der Waals surface area contributed by atoms with E-state index in [9.17, 15) is 0 Å². The van der Waals surface area contributed by atoms with Crippen LogP contribution in [0.4, 0.5) is 0 Å². The van der Waals surface area contributed by atoms with E-state index in [1.807, 2.05) is 18.0 Å². The molecule has 4 heteroatoms. The van der Waals surface area contributed by atoms with Crippen LogP contribution in [-0.4, -0.2) is 21.0 Å². The molecule has 1 aliphatic rings. The molecule has 0 radical (unpaired) electrons. The third-order valence-corrected chi connectivity index (χ3v) is 2.59. The first-order valence-corrected chi connectivity index (χ1v) is 4.98. The Bertz CT molecular complexity index is 265. The maximum absolute atomic E-state index is 4.41. The van der Waals surface area contributed by atoms with E-state index in [0.717, 1.165) is 11.0 Å². The van der Waals surface area contributed by atoms with Gasteiger partial charge in [-0.25, -0.2) is 9.67 Å². The van der Waals surface area contributed by atoms with Crippen molar-refractivity contribution in [3.63, 3.8) is 0 Å². The molecule has 0 amide bonds. The van der Waals surface area contributed by atoms with Crippen LogP contribution in [0.2, 0.25) is 0 Å². The van der Waals surface area contributed by atoms with Crippen molar-refractivity contribution in [2.45, 2.75) is 23.9 Å². The fourth-order valence-corrected chi connectivity index (χ4v) is 1.57. The number of aryl methyl sites for hydroxylation is 1. The minimum Gasteiger partial charge on any atom is -0.244 e. The lowest BCUT2D eigenvalue weighted by Gasteiger charge is -1.89. The van der Waals surface area contributed by atoms with Gasteiger partial charge in [0.15, 0.2) is 11.0 Å². The average molecular weight is 169 g/mol. The Morgan fingerprint density at radius 3 is 2.73 bits per heavy atom. The van der Waals surface area contributed by atoms with Crippen molar-refractivity contribution in [2.24, 2.45) is 7.05 Å². The number of hydrogen-bond donors (Lipinski definition) is 0. The molecule has 60 valence electrons. The van der Waals surface area contributed by atoms with Crippen LogP contribution in [0.1, 0.15) is 24.6 Å². The molecule has 1 aromatic heterocycles. The van der Waals surface area contributed by atoms with Crippen LogP contribution in [0.25, 0.3) is 0 Å². The number of nitrogens with zero attached hydrogens (tertiary/aromatic N) is 3. The average Bonchev–Trinajstić information content (AvgIpc) is 2.76. The maximum Gasteiger partial charge on any atom is 0.185 e. The molecule has 0 N–H and O–H groups in total. The van der Waals surface area contributed by atoms with E-state index in [0.29, 0.717) is 5.92 Å². The van der Waals surface area contributed by atoms with E-state index in [2.05, 4.69) is 10.1 Å². The van der Waals surface area contributed by atoms with Crippen molar-refractivity contribution >= 4 is 11.8 Å². The van der Waals surface area contributed by atoms with Gasteiger partial charge in [0, 0.05) is 13.0 Å². The van der Waals surface area contributed by atoms with Crippen molar-refractivity contribution in [1.29, 1.82) is 0 Å². The van der Waals surface area contributed by atoms with Crippen molar-refractivity contribution in [1.82, 2.24) is 14.8 Å². The van der Waals surface area contributed by atoms with E-state index in [-0.39, 0.29) is 0 Å². The molecule has 1 aliphatic carbocycles. The second kappa shape index (κ2) is 2.52. The molecule has 0 atom stereocenters. The van der Waals surface area contributed by atoms with Gasteiger partial charge in [-0.3, -0.25) is 0 Å². The molecule has 0 spiro atoms. The lowest BCUT2D eigenvalue weighted by Crippen LogP contribution is -1.92. The molecule has 1 fully saturated rings. The van der Waals surface area contributed by atoms with Crippen molar-refractivity contribution in [3.8, 4) is 0 Å². The first-order chi connectivity index (χ1) is 5.31.